The molecular weight excluding hydrogens is 290 g/mol. The fraction of sp³-hybridized carbons (Fsp3) is 0.286. The van der Waals surface area contributed by atoms with Gasteiger partial charge in [-0.05, 0) is 36.5 Å². The summed E-state index contributed by atoms with van der Waals surface area (Å²) in [5, 5.41) is 15.8. The van der Waals surface area contributed by atoms with Crippen molar-refractivity contribution < 1.29 is 14.7 Å². The van der Waals surface area contributed by atoms with Crippen LogP contribution < -0.4 is 5.32 Å². The van der Waals surface area contributed by atoms with Gasteiger partial charge in [0.05, 0.1) is 16.9 Å². The lowest BCUT2D eigenvalue weighted by molar-refractivity contribution is 0.0697. The van der Waals surface area contributed by atoms with Crippen molar-refractivity contribution in [3.8, 4) is 0 Å². The van der Waals surface area contributed by atoms with E-state index in [0.717, 1.165) is 18.0 Å². The van der Waals surface area contributed by atoms with Gasteiger partial charge in [0.1, 0.15) is 4.88 Å². The van der Waals surface area contributed by atoms with Gasteiger partial charge in [0.2, 0.25) is 0 Å². The third-order valence-electron chi connectivity index (χ3n) is 2.98. The zero-order chi connectivity index (χ0) is 15.4. The Bertz CT molecular complexity index is 682. The van der Waals surface area contributed by atoms with Crippen LogP contribution in [0.25, 0.3) is 0 Å². The lowest BCUT2D eigenvalue weighted by Crippen LogP contribution is -2.16. The Morgan fingerprint density at radius 3 is 2.81 bits per heavy atom. The van der Waals surface area contributed by atoms with Gasteiger partial charge >= 0.3 is 5.97 Å². The molecule has 0 spiro atoms. The SMILES string of the molecule is CCCc1nnsc1C(=O)Nc1cccc(C)c1C(=O)O. The second-order valence-corrected chi connectivity index (χ2v) is 5.31. The lowest BCUT2D eigenvalue weighted by atomic mass is 10.1. The van der Waals surface area contributed by atoms with E-state index in [1.54, 1.807) is 25.1 Å². The van der Waals surface area contributed by atoms with Crippen LogP contribution in [0.1, 0.15) is 44.6 Å². The lowest BCUT2D eigenvalue weighted by Gasteiger charge is -2.10. The van der Waals surface area contributed by atoms with Gasteiger partial charge < -0.3 is 10.4 Å². The Hall–Kier alpha value is -2.28. The number of benzene rings is 1. The quantitative estimate of drug-likeness (QED) is 0.886. The monoisotopic (exact) mass is 305 g/mol. The number of carboxylic acids is 1. The minimum absolute atomic E-state index is 0.0976. The van der Waals surface area contributed by atoms with Gasteiger partial charge in [-0.1, -0.05) is 30.0 Å². The van der Waals surface area contributed by atoms with E-state index >= 15 is 0 Å². The average molecular weight is 305 g/mol. The predicted molar refractivity (Wildman–Crippen MR) is 80.0 cm³/mol. The van der Waals surface area contributed by atoms with Crippen molar-refractivity contribution in [3.05, 3.63) is 39.9 Å². The van der Waals surface area contributed by atoms with Gasteiger partial charge in [0, 0.05) is 0 Å². The van der Waals surface area contributed by atoms with Crippen LogP contribution in [0.2, 0.25) is 0 Å². The van der Waals surface area contributed by atoms with Crippen molar-refractivity contribution in [1.29, 1.82) is 0 Å². The molecule has 0 unspecified atom stereocenters. The molecule has 2 aromatic rings. The average Bonchev–Trinajstić information content (AvgIpc) is 2.87. The molecule has 2 rings (SSSR count). The first-order valence-corrected chi connectivity index (χ1v) is 7.27. The molecule has 6 nitrogen and oxygen atoms in total. The van der Waals surface area contributed by atoms with Gasteiger partial charge in [0.15, 0.2) is 0 Å². The standard InChI is InChI=1S/C14H15N3O3S/c1-3-5-10-12(21-17-16-10)13(18)15-9-7-4-6-8(2)11(9)14(19)20/h4,6-7H,3,5H2,1-2H3,(H,15,18)(H,19,20). The molecule has 0 aliphatic carbocycles. The smallest absolute Gasteiger partial charge is 0.338 e. The number of carbonyl (C=O) groups is 2. The largest absolute Gasteiger partial charge is 0.478 e. The van der Waals surface area contributed by atoms with E-state index in [9.17, 15) is 14.7 Å². The Labute approximate surface area is 126 Å². The molecule has 1 aromatic heterocycles. The number of aryl methyl sites for hydroxylation is 2. The van der Waals surface area contributed by atoms with E-state index in [-0.39, 0.29) is 17.2 Å². The third kappa shape index (κ3) is 3.25. The van der Waals surface area contributed by atoms with Crippen LogP contribution in [0.4, 0.5) is 5.69 Å². The summed E-state index contributed by atoms with van der Waals surface area (Å²) in [4.78, 5) is 24.0. The number of nitrogens with one attached hydrogen (secondary N) is 1. The zero-order valence-corrected chi connectivity index (χ0v) is 12.5. The number of hydrogen-bond donors (Lipinski definition) is 2. The number of carbonyl (C=O) groups excluding carboxylic acids is 1. The van der Waals surface area contributed by atoms with Gasteiger partial charge in [-0.2, -0.15) is 0 Å². The van der Waals surface area contributed by atoms with E-state index in [2.05, 4.69) is 14.9 Å². The maximum atomic E-state index is 12.3. The summed E-state index contributed by atoms with van der Waals surface area (Å²) in [5.41, 5.74) is 1.62. The number of aromatic nitrogens is 2. The van der Waals surface area contributed by atoms with Gasteiger partial charge in [-0.25, -0.2) is 4.79 Å². The van der Waals surface area contributed by atoms with Crippen molar-refractivity contribution in [2.75, 3.05) is 5.32 Å². The van der Waals surface area contributed by atoms with Gasteiger partial charge in [-0.15, -0.1) is 5.10 Å². The van der Waals surface area contributed by atoms with Crippen LogP contribution in [0.5, 0.6) is 0 Å². The van der Waals surface area contributed by atoms with E-state index < -0.39 is 5.97 Å². The summed E-state index contributed by atoms with van der Waals surface area (Å²) in [5.74, 6) is -1.44. The molecule has 0 aliphatic heterocycles. The maximum absolute atomic E-state index is 12.3. The molecule has 0 aliphatic rings. The molecule has 1 heterocycles. The van der Waals surface area contributed by atoms with Crippen LogP contribution in [0.15, 0.2) is 18.2 Å². The Kier molecular flexibility index (Phi) is 4.64. The Morgan fingerprint density at radius 1 is 1.38 bits per heavy atom. The van der Waals surface area contributed by atoms with Gasteiger partial charge in [0.25, 0.3) is 5.91 Å². The number of carboxylic acid groups (broad SMARTS) is 1. The molecule has 110 valence electrons. The number of aromatic carboxylic acids is 1. The van der Waals surface area contributed by atoms with E-state index in [4.69, 9.17) is 0 Å². The van der Waals surface area contributed by atoms with Crippen LogP contribution in [0.3, 0.4) is 0 Å². The molecule has 0 bridgehead atoms. The van der Waals surface area contributed by atoms with Gasteiger partial charge in [-0.3, -0.25) is 4.79 Å². The van der Waals surface area contributed by atoms with Crippen LogP contribution in [-0.2, 0) is 6.42 Å². The number of nitrogens with zero attached hydrogens (tertiary/aromatic N) is 2. The van der Waals surface area contributed by atoms with Crippen molar-refractivity contribution in [2.45, 2.75) is 26.7 Å². The normalized spacial score (nSPS) is 10.4. The molecule has 0 fully saturated rings. The molecule has 2 N–H and O–H groups in total. The second kappa shape index (κ2) is 6.45. The summed E-state index contributed by atoms with van der Waals surface area (Å²) < 4.78 is 3.79. The predicted octanol–water partition coefficient (Wildman–Crippen LogP) is 2.75. The topological polar surface area (TPSA) is 92.2 Å². The number of anilines is 1. The molecule has 0 atom stereocenters. The van der Waals surface area contributed by atoms with Crippen LogP contribution in [0, 0.1) is 6.92 Å². The van der Waals surface area contributed by atoms with Crippen LogP contribution in [-0.4, -0.2) is 26.6 Å². The number of hydrogen-bond acceptors (Lipinski definition) is 5. The molecule has 0 radical (unpaired) electrons. The first kappa shape index (κ1) is 15.1. The first-order valence-electron chi connectivity index (χ1n) is 6.50. The third-order valence-corrected chi connectivity index (χ3v) is 3.75. The summed E-state index contributed by atoms with van der Waals surface area (Å²) in [6, 6.07) is 4.97. The summed E-state index contributed by atoms with van der Waals surface area (Å²) in [6.45, 7) is 3.68. The van der Waals surface area contributed by atoms with Crippen molar-refractivity contribution in [1.82, 2.24) is 9.59 Å². The molecule has 0 saturated carbocycles. The highest BCUT2D eigenvalue weighted by atomic mass is 32.1. The summed E-state index contributed by atoms with van der Waals surface area (Å²) >= 11 is 1.01. The zero-order valence-electron chi connectivity index (χ0n) is 11.7. The van der Waals surface area contributed by atoms with Crippen LogP contribution >= 0.6 is 11.5 Å². The van der Waals surface area contributed by atoms with E-state index in [0.29, 0.717) is 22.6 Å². The Balaban J connectivity index is 2.30. The molecule has 1 aromatic carbocycles. The minimum atomic E-state index is -1.07. The fourth-order valence-corrected chi connectivity index (χ4v) is 2.62. The number of rotatable bonds is 5. The first-order chi connectivity index (χ1) is 10.0. The summed E-state index contributed by atoms with van der Waals surface area (Å²) in [7, 11) is 0. The van der Waals surface area contributed by atoms with E-state index in [1.165, 1.54) is 0 Å². The second-order valence-electron chi connectivity index (χ2n) is 4.56. The highest BCUT2D eigenvalue weighted by Gasteiger charge is 2.19. The highest BCUT2D eigenvalue weighted by molar-refractivity contribution is 7.08. The molecule has 0 saturated heterocycles. The van der Waals surface area contributed by atoms with Crippen molar-refractivity contribution >= 4 is 29.1 Å². The summed E-state index contributed by atoms with van der Waals surface area (Å²) in [6.07, 6.45) is 1.52. The highest BCUT2D eigenvalue weighted by Crippen LogP contribution is 2.22. The van der Waals surface area contributed by atoms with E-state index in [1.807, 2.05) is 6.92 Å². The molecule has 1 amide bonds. The maximum Gasteiger partial charge on any atom is 0.338 e. The molecular formula is C14H15N3O3S. The number of amides is 1. The van der Waals surface area contributed by atoms with Crippen molar-refractivity contribution in [3.63, 3.8) is 0 Å². The van der Waals surface area contributed by atoms with Crippen molar-refractivity contribution in [2.24, 2.45) is 0 Å². The molecule has 7 heteroatoms. The fourth-order valence-electron chi connectivity index (χ4n) is 2.02. The molecule has 21 heavy (non-hydrogen) atoms. The minimum Gasteiger partial charge on any atom is -0.478 e. The Morgan fingerprint density at radius 2 is 2.14 bits per heavy atom.